The third-order valence-electron chi connectivity index (χ3n) is 2.02. The van der Waals surface area contributed by atoms with Gasteiger partial charge in [0, 0.05) is 18.1 Å². The Morgan fingerprint density at radius 1 is 1.53 bits per heavy atom. The monoisotopic (exact) mass is 232 g/mol. The highest BCUT2D eigenvalue weighted by Crippen LogP contribution is 2.17. The molecule has 88 valence electrons. The molecule has 0 aliphatic carbocycles. The molecule has 0 aliphatic heterocycles. The number of nitrogens with two attached hydrogens (primary N) is 1. The summed E-state index contributed by atoms with van der Waals surface area (Å²) in [5.74, 6) is 1.25. The van der Waals surface area contributed by atoms with Gasteiger partial charge in [-0.1, -0.05) is 13.8 Å². The van der Waals surface area contributed by atoms with E-state index in [9.17, 15) is 4.79 Å². The number of aliphatic carboxylic acids is 1. The first-order chi connectivity index (χ1) is 6.95. The van der Waals surface area contributed by atoms with Crippen LogP contribution in [0.4, 0.5) is 0 Å². The van der Waals surface area contributed by atoms with Crippen LogP contribution in [-0.4, -0.2) is 35.0 Å². The first-order valence-electron chi connectivity index (χ1n) is 5.02. The van der Waals surface area contributed by atoms with E-state index in [1.807, 2.05) is 13.8 Å². The molecule has 0 amide bonds. The van der Waals surface area contributed by atoms with E-state index in [1.54, 1.807) is 18.7 Å². The summed E-state index contributed by atoms with van der Waals surface area (Å²) < 4.78 is 0. The second-order valence-corrected chi connectivity index (χ2v) is 4.94. The van der Waals surface area contributed by atoms with Gasteiger partial charge in [0.1, 0.15) is 0 Å². The van der Waals surface area contributed by atoms with Gasteiger partial charge in [-0.15, -0.1) is 0 Å². The van der Waals surface area contributed by atoms with E-state index in [0.717, 1.165) is 5.75 Å². The van der Waals surface area contributed by atoms with E-state index < -0.39 is 5.97 Å². The zero-order valence-corrected chi connectivity index (χ0v) is 10.4. The predicted molar refractivity (Wildman–Crippen MR) is 65.5 cm³/mol. The van der Waals surface area contributed by atoms with Gasteiger partial charge in [-0.05, 0) is 12.8 Å². The minimum atomic E-state index is -0.712. The van der Waals surface area contributed by atoms with Crippen LogP contribution in [0.25, 0.3) is 0 Å². The molecule has 0 spiro atoms. The first kappa shape index (κ1) is 14.3. The van der Waals surface area contributed by atoms with E-state index in [4.69, 9.17) is 10.8 Å². The largest absolute Gasteiger partial charge is 0.481 e. The van der Waals surface area contributed by atoms with Crippen LogP contribution in [-0.2, 0) is 4.79 Å². The third kappa shape index (κ3) is 7.25. The van der Waals surface area contributed by atoms with Crippen LogP contribution in [0.15, 0.2) is 4.99 Å². The molecule has 0 aliphatic rings. The van der Waals surface area contributed by atoms with E-state index in [2.05, 4.69) is 4.99 Å². The van der Waals surface area contributed by atoms with Gasteiger partial charge in [-0.3, -0.25) is 9.79 Å². The van der Waals surface area contributed by atoms with Crippen molar-refractivity contribution in [1.82, 2.24) is 0 Å². The number of carboxylic acid groups (broad SMARTS) is 1. The molecule has 0 saturated heterocycles. The van der Waals surface area contributed by atoms with Crippen molar-refractivity contribution in [2.45, 2.75) is 20.8 Å². The number of hydrogen-bond acceptors (Lipinski definition) is 3. The van der Waals surface area contributed by atoms with Crippen LogP contribution in [0.2, 0.25) is 0 Å². The van der Waals surface area contributed by atoms with Crippen LogP contribution in [0.1, 0.15) is 20.8 Å². The summed E-state index contributed by atoms with van der Waals surface area (Å²) >= 11 is 1.62. The highest BCUT2D eigenvalue weighted by Gasteiger charge is 2.20. The lowest BCUT2D eigenvalue weighted by molar-refractivity contribution is -0.142. The zero-order valence-electron chi connectivity index (χ0n) is 9.56. The Morgan fingerprint density at radius 2 is 2.13 bits per heavy atom. The van der Waals surface area contributed by atoms with Gasteiger partial charge in [0.25, 0.3) is 0 Å². The number of carbonyl (C=O) groups is 1. The molecule has 0 radical (unpaired) electrons. The highest BCUT2D eigenvalue weighted by atomic mass is 32.2. The summed E-state index contributed by atoms with van der Waals surface area (Å²) in [6.45, 7) is 6.28. The second-order valence-electron chi connectivity index (χ2n) is 3.79. The van der Waals surface area contributed by atoms with Crippen LogP contribution in [0, 0.1) is 11.8 Å². The molecule has 0 heterocycles. The number of aliphatic imine (C=N–C) groups is 1. The van der Waals surface area contributed by atoms with Crippen molar-refractivity contribution in [2.24, 2.45) is 22.6 Å². The standard InChI is InChI=1S/C10H20N2O2S/c1-7(2)9(10(13)14)6-15-5-4-12-8(3)11/h7,9H,4-6H2,1-3H3,(H2,11,12)(H,13,14). The van der Waals surface area contributed by atoms with Crippen molar-refractivity contribution in [3.05, 3.63) is 0 Å². The molecule has 1 atom stereocenters. The Bertz CT molecular complexity index is 225. The minimum absolute atomic E-state index is 0.176. The second kappa shape index (κ2) is 7.56. The quantitative estimate of drug-likeness (QED) is 0.396. The van der Waals surface area contributed by atoms with Crippen LogP contribution in [0.3, 0.4) is 0 Å². The normalized spacial score (nSPS) is 14.3. The lowest BCUT2D eigenvalue weighted by Gasteiger charge is -2.14. The number of thioether (sulfide) groups is 1. The summed E-state index contributed by atoms with van der Waals surface area (Å²) in [6, 6.07) is 0. The lowest BCUT2D eigenvalue weighted by Crippen LogP contribution is -2.22. The van der Waals surface area contributed by atoms with Crippen molar-refractivity contribution in [3.8, 4) is 0 Å². The SMILES string of the molecule is CC(N)=NCCSCC(C(=O)O)C(C)C. The molecule has 5 heteroatoms. The summed E-state index contributed by atoms with van der Waals surface area (Å²) in [4.78, 5) is 14.9. The minimum Gasteiger partial charge on any atom is -0.481 e. The number of nitrogens with zero attached hydrogens (tertiary/aromatic N) is 1. The molecule has 15 heavy (non-hydrogen) atoms. The number of rotatable bonds is 7. The molecule has 1 unspecified atom stereocenters. The molecule has 0 rings (SSSR count). The Kier molecular flexibility index (Phi) is 7.21. The molecule has 0 aromatic carbocycles. The van der Waals surface area contributed by atoms with Gasteiger partial charge in [0.2, 0.25) is 0 Å². The van der Waals surface area contributed by atoms with Gasteiger partial charge in [0.15, 0.2) is 0 Å². The van der Waals surface area contributed by atoms with Gasteiger partial charge in [-0.2, -0.15) is 11.8 Å². The molecule has 0 bridgehead atoms. The molecule has 0 fully saturated rings. The van der Waals surface area contributed by atoms with E-state index in [-0.39, 0.29) is 11.8 Å². The fourth-order valence-corrected chi connectivity index (χ4v) is 2.21. The number of hydrogen-bond donors (Lipinski definition) is 2. The molecule has 0 saturated carbocycles. The number of amidine groups is 1. The van der Waals surface area contributed by atoms with Gasteiger partial charge in [0.05, 0.1) is 11.8 Å². The van der Waals surface area contributed by atoms with Crippen molar-refractivity contribution in [2.75, 3.05) is 18.1 Å². The molecule has 3 N–H and O–H groups in total. The molecule has 0 aromatic heterocycles. The van der Waals surface area contributed by atoms with E-state index in [0.29, 0.717) is 18.1 Å². The smallest absolute Gasteiger partial charge is 0.307 e. The van der Waals surface area contributed by atoms with Gasteiger partial charge >= 0.3 is 5.97 Å². The molecule has 4 nitrogen and oxygen atoms in total. The summed E-state index contributed by atoms with van der Waals surface area (Å²) in [5.41, 5.74) is 5.38. The molecular weight excluding hydrogens is 212 g/mol. The highest BCUT2D eigenvalue weighted by molar-refractivity contribution is 7.99. The summed E-state index contributed by atoms with van der Waals surface area (Å²) in [7, 11) is 0. The van der Waals surface area contributed by atoms with Crippen molar-refractivity contribution in [3.63, 3.8) is 0 Å². The maximum Gasteiger partial charge on any atom is 0.307 e. The number of carboxylic acids is 1. The van der Waals surface area contributed by atoms with Crippen molar-refractivity contribution in [1.29, 1.82) is 0 Å². The fraction of sp³-hybridized carbons (Fsp3) is 0.800. The summed E-state index contributed by atoms with van der Waals surface area (Å²) in [6.07, 6.45) is 0. The maximum absolute atomic E-state index is 10.9. The lowest BCUT2D eigenvalue weighted by atomic mass is 9.98. The van der Waals surface area contributed by atoms with Gasteiger partial charge in [-0.25, -0.2) is 0 Å². The third-order valence-corrected chi connectivity index (χ3v) is 3.08. The van der Waals surface area contributed by atoms with Crippen LogP contribution >= 0.6 is 11.8 Å². The Labute approximate surface area is 95.3 Å². The van der Waals surface area contributed by atoms with Gasteiger partial charge < -0.3 is 10.8 Å². The maximum atomic E-state index is 10.9. The average Bonchev–Trinajstić information content (AvgIpc) is 2.08. The zero-order chi connectivity index (χ0) is 11.8. The average molecular weight is 232 g/mol. The molecule has 0 aromatic rings. The first-order valence-corrected chi connectivity index (χ1v) is 6.17. The predicted octanol–water partition coefficient (Wildman–Crippen LogP) is 1.45. The van der Waals surface area contributed by atoms with Crippen molar-refractivity contribution >= 4 is 23.6 Å². The Hall–Kier alpha value is -0.710. The Balaban J connectivity index is 3.73. The Morgan fingerprint density at radius 3 is 2.53 bits per heavy atom. The summed E-state index contributed by atoms with van der Waals surface area (Å²) in [5, 5.41) is 8.93. The molecular formula is C10H20N2O2S. The van der Waals surface area contributed by atoms with E-state index >= 15 is 0 Å². The van der Waals surface area contributed by atoms with Crippen LogP contribution in [0.5, 0.6) is 0 Å². The van der Waals surface area contributed by atoms with E-state index in [1.165, 1.54) is 0 Å². The fourth-order valence-electron chi connectivity index (χ4n) is 1.05. The van der Waals surface area contributed by atoms with Crippen LogP contribution < -0.4 is 5.73 Å². The topological polar surface area (TPSA) is 75.7 Å². The van der Waals surface area contributed by atoms with Crippen molar-refractivity contribution < 1.29 is 9.90 Å².